The number of fused-ring (bicyclic) bond motifs is 1. The van der Waals surface area contributed by atoms with E-state index in [1.807, 2.05) is 24.3 Å². The number of anilines is 2. The highest BCUT2D eigenvalue weighted by molar-refractivity contribution is 5.97. The van der Waals surface area contributed by atoms with Gasteiger partial charge in [0.15, 0.2) is 0 Å². The van der Waals surface area contributed by atoms with Crippen LogP contribution in [0.15, 0.2) is 24.3 Å². The van der Waals surface area contributed by atoms with Crippen molar-refractivity contribution in [2.75, 3.05) is 10.6 Å². The van der Waals surface area contributed by atoms with Crippen LogP contribution < -0.4 is 16.0 Å². The first-order valence-corrected chi connectivity index (χ1v) is 9.17. The van der Waals surface area contributed by atoms with Crippen LogP contribution in [0.2, 0.25) is 0 Å². The quantitative estimate of drug-likeness (QED) is 0.796. The van der Waals surface area contributed by atoms with Crippen molar-refractivity contribution < 1.29 is 9.59 Å². The number of amides is 2. The summed E-state index contributed by atoms with van der Waals surface area (Å²) in [4.78, 5) is 24.4. The highest BCUT2D eigenvalue weighted by Crippen LogP contribution is 2.33. The summed E-state index contributed by atoms with van der Waals surface area (Å²) in [6, 6.07) is 7.84. The standard InChI is InChI=1S/C19H25N3O2/c23-18(12-8-9-12)20-14-5-3-6-15(11-14)21-19(24)17-10-13-4-1-2-7-16(13)22-17/h3,5-6,11-13,16-17,22H,1-2,4,7-10H2,(H,20,23)(H,21,24). The molecular weight excluding hydrogens is 302 g/mol. The first kappa shape index (κ1) is 15.6. The van der Waals surface area contributed by atoms with Crippen molar-refractivity contribution in [1.82, 2.24) is 5.32 Å². The fraction of sp³-hybridized carbons (Fsp3) is 0.579. The Hall–Kier alpha value is -1.88. The Balaban J connectivity index is 1.36. The second-order valence-electron chi connectivity index (χ2n) is 7.44. The predicted octanol–water partition coefficient (Wildman–Crippen LogP) is 2.89. The first-order chi connectivity index (χ1) is 11.7. The molecule has 2 aliphatic carbocycles. The molecule has 0 bridgehead atoms. The summed E-state index contributed by atoms with van der Waals surface area (Å²) in [7, 11) is 0. The molecule has 5 heteroatoms. The van der Waals surface area contributed by atoms with E-state index in [0.29, 0.717) is 12.0 Å². The zero-order valence-corrected chi connectivity index (χ0v) is 13.9. The van der Waals surface area contributed by atoms with Crippen LogP contribution in [0.4, 0.5) is 11.4 Å². The molecule has 0 radical (unpaired) electrons. The lowest BCUT2D eigenvalue weighted by atomic mass is 9.85. The number of hydrogen-bond donors (Lipinski definition) is 3. The lowest BCUT2D eigenvalue weighted by Gasteiger charge is -2.24. The third-order valence-electron chi connectivity index (χ3n) is 5.53. The zero-order valence-electron chi connectivity index (χ0n) is 13.9. The highest BCUT2D eigenvalue weighted by Gasteiger charge is 2.38. The van der Waals surface area contributed by atoms with Gasteiger partial charge in [-0.15, -0.1) is 0 Å². The largest absolute Gasteiger partial charge is 0.326 e. The summed E-state index contributed by atoms with van der Waals surface area (Å²) in [6.45, 7) is 0. The smallest absolute Gasteiger partial charge is 0.241 e. The van der Waals surface area contributed by atoms with Gasteiger partial charge in [0, 0.05) is 23.3 Å². The van der Waals surface area contributed by atoms with Gasteiger partial charge in [-0.1, -0.05) is 18.9 Å². The normalized spacial score (nSPS) is 28.9. The Kier molecular flexibility index (Phi) is 4.27. The van der Waals surface area contributed by atoms with Crippen LogP contribution in [0.3, 0.4) is 0 Å². The van der Waals surface area contributed by atoms with E-state index in [4.69, 9.17) is 0 Å². The topological polar surface area (TPSA) is 70.2 Å². The SMILES string of the molecule is O=C(Nc1cccc(NC(=O)C2CC3CCCCC3N2)c1)C1CC1. The molecule has 0 aromatic heterocycles. The number of hydrogen-bond acceptors (Lipinski definition) is 3. The molecule has 3 aliphatic rings. The molecular formula is C19H25N3O2. The van der Waals surface area contributed by atoms with Crippen molar-refractivity contribution >= 4 is 23.2 Å². The molecule has 24 heavy (non-hydrogen) atoms. The summed E-state index contributed by atoms with van der Waals surface area (Å²) in [5.74, 6) is 0.947. The van der Waals surface area contributed by atoms with Crippen molar-refractivity contribution in [3.05, 3.63) is 24.3 Å². The first-order valence-electron chi connectivity index (χ1n) is 9.17. The molecule has 4 rings (SSSR count). The van der Waals surface area contributed by atoms with E-state index in [9.17, 15) is 9.59 Å². The molecule has 2 saturated carbocycles. The van der Waals surface area contributed by atoms with Gasteiger partial charge >= 0.3 is 0 Å². The van der Waals surface area contributed by atoms with E-state index in [1.54, 1.807) is 0 Å². The predicted molar refractivity (Wildman–Crippen MR) is 93.7 cm³/mol. The third kappa shape index (κ3) is 3.46. The number of rotatable bonds is 4. The number of carbonyl (C=O) groups is 2. The highest BCUT2D eigenvalue weighted by atomic mass is 16.2. The van der Waals surface area contributed by atoms with Crippen LogP contribution >= 0.6 is 0 Å². The van der Waals surface area contributed by atoms with Gasteiger partial charge in [-0.05, 0) is 56.2 Å². The molecule has 1 aromatic rings. The van der Waals surface area contributed by atoms with Crippen LogP contribution in [0.25, 0.3) is 0 Å². The maximum absolute atomic E-state index is 12.5. The fourth-order valence-electron chi connectivity index (χ4n) is 4.02. The van der Waals surface area contributed by atoms with Gasteiger partial charge in [-0.2, -0.15) is 0 Å². The second-order valence-corrected chi connectivity index (χ2v) is 7.44. The minimum atomic E-state index is -0.0946. The lowest BCUT2D eigenvalue weighted by molar-refractivity contribution is -0.118. The molecule has 1 aromatic carbocycles. The van der Waals surface area contributed by atoms with E-state index in [2.05, 4.69) is 16.0 Å². The Morgan fingerprint density at radius 1 is 0.958 bits per heavy atom. The van der Waals surface area contributed by atoms with Gasteiger partial charge in [0.25, 0.3) is 0 Å². The molecule has 3 fully saturated rings. The van der Waals surface area contributed by atoms with E-state index in [0.717, 1.165) is 30.6 Å². The average Bonchev–Trinajstić information content (AvgIpc) is 3.34. The van der Waals surface area contributed by atoms with Crippen LogP contribution in [-0.2, 0) is 9.59 Å². The van der Waals surface area contributed by atoms with Crippen LogP contribution in [0, 0.1) is 11.8 Å². The van der Waals surface area contributed by atoms with Gasteiger partial charge in [0.1, 0.15) is 0 Å². The van der Waals surface area contributed by atoms with Gasteiger partial charge in [0.2, 0.25) is 11.8 Å². The summed E-state index contributed by atoms with van der Waals surface area (Å²) in [5.41, 5.74) is 1.49. The maximum Gasteiger partial charge on any atom is 0.241 e. The summed E-state index contributed by atoms with van der Waals surface area (Å²) in [6.07, 6.45) is 7.90. The number of carbonyl (C=O) groups excluding carboxylic acids is 2. The van der Waals surface area contributed by atoms with Crippen molar-refractivity contribution in [1.29, 1.82) is 0 Å². The molecule has 3 atom stereocenters. The molecule has 1 saturated heterocycles. The minimum absolute atomic E-state index is 0.0371. The minimum Gasteiger partial charge on any atom is -0.326 e. The zero-order chi connectivity index (χ0) is 16.5. The van der Waals surface area contributed by atoms with E-state index in [1.165, 1.54) is 25.7 Å². The monoisotopic (exact) mass is 327 g/mol. The van der Waals surface area contributed by atoms with Crippen molar-refractivity contribution in [3.63, 3.8) is 0 Å². The Morgan fingerprint density at radius 3 is 2.38 bits per heavy atom. The lowest BCUT2D eigenvalue weighted by Crippen LogP contribution is -2.39. The van der Waals surface area contributed by atoms with Crippen molar-refractivity contribution in [3.8, 4) is 0 Å². The average molecular weight is 327 g/mol. The molecule has 2 amide bonds. The Morgan fingerprint density at radius 2 is 1.67 bits per heavy atom. The van der Waals surface area contributed by atoms with Crippen molar-refractivity contribution in [2.24, 2.45) is 11.8 Å². The van der Waals surface area contributed by atoms with E-state index >= 15 is 0 Å². The Labute approximate surface area is 142 Å². The number of benzene rings is 1. The fourth-order valence-corrected chi connectivity index (χ4v) is 4.02. The molecule has 1 aliphatic heterocycles. The van der Waals surface area contributed by atoms with Crippen LogP contribution in [0.5, 0.6) is 0 Å². The molecule has 128 valence electrons. The van der Waals surface area contributed by atoms with Gasteiger partial charge in [0.05, 0.1) is 6.04 Å². The summed E-state index contributed by atoms with van der Waals surface area (Å²) < 4.78 is 0. The van der Waals surface area contributed by atoms with Gasteiger partial charge in [-0.25, -0.2) is 0 Å². The molecule has 3 unspecified atom stereocenters. The molecule has 5 nitrogen and oxygen atoms in total. The maximum atomic E-state index is 12.5. The Bertz CT molecular complexity index is 627. The summed E-state index contributed by atoms with van der Waals surface area (Å²) >= 11 is 0. The van der Waals surface area contributed by atoms with Crippen molar-refractivity contribution in [2.45, 2.75) is 57.0 Å². The van der Waals surface area contributed by atoms with Crippen LogP contribution in [-0.4, -0.2) is 23.9 Å². The third-order valence-corrected chi connectivity index (χ3v) is 5.53. The van der Waals surface area contributed by atoms with E-state index < -0.39 is 0 Å². The van der Waals surface area contributed by atoms with E-state index in [-0.39, 0.29) is 23.8 Å². The summed E-state index contributed by atoms with van der Waals surface area (Å²) in [5, 5.41) is 9.42. The molecule has 3 N–H and O–H groups in total. The van der Waals surface area contributed by atoms with Gasteiger partial charge in [-0.3, -0.25) is 9.59 Å². The number of nitrogens with one attached hydrogen (secondary N) is 3. The molecule has 0 spiro atoms. The van der Waals surface area contributed by atoms with Crippen LogP contribution in [0.1, 0.15) is 44.9 Å². The van der Waals surface area contributed by atoms with Gasteiger partial charge < -0.3 is 16.0 Å². The second kappa shape index (κ2) is 6.55. The molecule has 1 heterocycles.